The Balaban J connectivity index is 0.00000272. The molecule has 1 fully saturated rings. The Kier molecular flexibility index (Phi) is 14.0. The van der Waals surface area contributed by atoms with E-state index in [-0.39, 0.29) is 48.0 Å². The molecule has 1 aromatic carbocycles. The van der Waals surface area contributed by atoms with Crippen LogP contribution in [0.4, 0.5) is 17.3 Å². The second kappa shape index (κ2) is 15.3. The maximum atomic E-state index is 4.69. The van der Waals surface area contributed by atoms with Crippen molar-refractivity contribution in [2.45, 2.75) is 65.5 Å². The first-order valence-electron chi connectivity index (χ1n) is 12.2. The van der Waals surface area contributed by atoms with Gasteiger partial charge < -0.3 is 57.3 Å². The van der Waals surface area contributed by atoms with Gasteiger partial charge in [-0.1, -0.05) is 44.6 Å². The molecule has 1 aromatic heterocycles. The summed E-state index contributed by atoms with van der Waals surface area (Å²) in [5.41, 5.74) is 2.20. The SMILES string of the molecule is CCCCCn1cc[n+](CCCCC)c1/N=N/c1ccc(N2CC[N+](C)(C)CC2)cc1.[I-].[I-]. The van der Waals surface area contributed by atoms with Crippen LogP contribution in [-0.4, -0.2) is 49.3 Å². The third kappa shape index (κ3) is 9.43. The van der Waals surface area contributed by atoms with Crippen molar-refractivity contribution in [3.63, 3.8) is 0 Å². The Bertz CT molecular complexity index is 794. The number of piperazine rings is 1. The number of anilines is 1. The average Bonchev–Trinajstić information content (AvgIpc) is 3.15. The molecule has 1 aliphatic rings. The van der Waals surface area contributed by atoms with Crippen LogP contribution in [0.3, 0.4) is 0 Å². The summed E-state index contributed by atoms with van der Waals surface area (Å²) in [6.45, 7) is 11.1. The maximum absolute atomic E-state index is 4.69. The lowest BCUT2D eigenvalue weighted by atomic mass is 10.2. The molecule has 8 heteroatoms. The number of likely N-dealkylation sites (N-methyl/N-ethyl adjacent to an activating group) is 1. The normalized spacial score (nSPS) is 15.3. The highest BCUT2D eigenvalue weighted by molar-refractivity contribution is 5.52. The van der Waals surface area contributed by atoms with Gasteiger partial charge in [-0.3, -0.25) is 0 Å². The number of rotatable bonds is 11. The first kappa shape index (κ1) is 30.3. The fraction of sp³-hybridized carbons (Fsp3) is 0.640. The molecule has 3 rings (SSSR count). The van der Waals surface area contributed by atoms with Crippen LogP contribution in [0.1, 0.15) is 52.4 Å². The van der Waals surface area contributed by atoms with Gasteiger partial charge in [0, 0.05) is 10.8 Å². The van der Waals surface area contributed by atoms with E-state index < -0.39 is 0 Å². The molecule has 0 saturated carbocycles. The van der Waals surface area contributed by atoms with E-state index in [1.54, 1.807) is 0 Å². The van der Waals surface area contributed by atoms with E-state index in [4.69, 9.17) is 0 Å². The molecule has 6 nitrogen and oxygen atoms in total. The van der Waals surface area contributed by atoms with E-state index >= 15 is 0 Å². The molecule has 1 saturated heterocycles. The summed E-state index contributed by atoms with van der Waals surface area (Å²) in [7, 11) is 4.63. The minimum Gasteiger partial charge on any atom is -1.00 e. The van der Waals surface area contributed by atoms with Crippen molar-refractivity contribution in [3.05, 3.63) is 36.7 Å². The third-order valence-electron chi connectivity index (χ3n) is 6.37. The first-order chi connectivity index (χ1) is 15.0. The maximum Gasteiger partial charge on any atom is 0.421 e. The first-order valence-corrected chi connectivity index (χ1v) is 12.2. The predicted molar refractivity (Wildman–Crippen MR) is 128 cm³/mol. The van der Waals surface area contributed by atoms with Gasteiger partial charge in [0.25, 0.3) is 0 Å². The van der Waals surface area contributed by atoms with E-state index in [2.05, 4.69) is 88.9 Å². The lowest BCUT2D eigenvalue weighted by Gasteiger charge is -2.40. The fourth-order valence-electron chi connectivity index (χ4n) is 4.08. The predicted octanol–water partition coefficient (Wildman–Crippen LogP) is -0.524. The Morgan fingerprint density at radius 2 is 1.52 bits per heavy atom. The van der Waals surface area contributed by atoms with E-state index in [0.29, 0.717) is 0 Å². The molecule has 0 radical (unpaired) electrons. The zero-order chi connectivity index (χ0) is 22.1. The Labute approximate surface area is 235 Å². The van der Waals surface area contributed by atoms with E-state index in [1.807, 2.05) is 0 Å². The molecule has 0 amide bonds. The monoisotopic (exact) mass is 680 g/mol. The van der Waals surface area contributed by atoms with Crippen LogP contribution >= 0.6 is 0 Å². The van der Waals surface area contributed by atoms with Crippen LogP contribution in [0.25, 0.3) is 0 Å². The highest BCUT2D eigenvalue weighted by atomic mass is 127. The lowest BCUT2D eigenvalue weighted by molar-refractivity contribution is -0.890. The quantitative estimate of drug-likeness (QED) is 0.104. The van der Waals surface area contributed by atoms with Gasteiger partial charge in [-0.05, 0) is 37.1 Å². The van der Waals surface area contributed by atoms with Crippen molar-refractivity contribution in [2.24, 2.45) is 10.2 Å². The smallest absolute Gasteiger partial charge is 0.421 e. The average molecular weight is 680 g/mol. The number of azo groups is 1. The Hall–Kier alpha value is -0.750. The second-order valence-electron chi connectivity index (χ2n) is 9.49. The molecule has 33 heavy (non-hydrogen) atoms. The molecule has 0 aliphatic carbocycles. The summed E-state index contributed by atoms with van der Waals surface area (Å²) in [6, 6.07) is 8.57. The number of aryl methyl sites for hydroxylation is 2. The summed E-state index contributed by atoms with van der Waals surface area (Å²) < 4.78 is 5.62. The summed E-state index contributed by atoms with van der Waals surface area (Å²) in [4.78, 5) is 2.48. The van der Waals surface area contributed by atoms with Crippen molar-refractivity contribution >= 4 is 17.3 Å². The standard InChI is InChI=1S/C25H42N6.2HI/c1-5-7-9-15-29-17-18-30(16-10-8-6-2)25(29)27-26-23-11-13-24(14-12-23)28-19-21-31(3,4)22-20-28;;/h11-14,17-18H,5-10,15-16,19-22H2,1-4H3;2*1H/q+2;;/p-2. The molecule has 0 N–H and O–H groups in total. The van der Waals surface area contributed by atoms with E-state index in [1.165, 1.54) is 57.3 Å². The van der Waals surface area contributed by atoms with E-state index in [0.717, 1.165) is 42.3 Å². The Morgan fingerprint density at radius 3 is 2.15 bits per heavy atom. The van der Waals surface area contributed by atoms with Crippen LogP contribution in [-0.2, 0) is 13.1 Å². The van der Waals surface area contributed by atoms with Crippen LogP contribution in [0, 0.1) is 0 Å². The zero-order valence-electron chi connectivity index (χ0n) is 20.9. The van der Waals surface area contributed by atoms with Crippen LogP contribution in [0.5, 0.6) is 0 Å². The van der Waals surface area contributed by atoms with Gasteiger partial charge in [-0.15, -0.1) is 0 Å². The molecule has 1 aliphatic heterocycles. The number of hydrogen-bond acceptors (Lipinski definition) is 3. The van der Waals surface area contributed by atoms with Gasteiger partial charge in [0.2, 0.25) is 0 Å². The van der Waals surface area contributed by atoms with Gasteiger partial charge in [0.15, 0.2) is 0 Å². The third-order valence-corrected chi connectivity index (χ3v) is 6.37. The van der Waals surface area contributed by atoms with Gasteiger partial charge >= 0.3 is 5.95 Å². The number of unbranched alkanes of at least 4 members (excludes halogenated alkanes) is 4. The largest absolute Gasteiger partial charge is 1.00 e. The molecule has 0 spiro atoms. The number of nitrogens with zero attached hydrogens (tertiary/aromatic N) is 6. The topological polar surface area (TPSA) is 36.8 Å². The number of benzene rings is 1. The van der Waals surface area contributed by atoms with Crippen molar-refractivity contribution in [1.82, 2.24) is 4.57 Å². The molecule has 0 bridgehead atoms. The van der Waals surface area contributed by atoms with Crippen molar-refractivity contribution in [1.29, 1.82) is 0 Å². The van der Waals surface area contributed by atoms with Gasteiger partial charge in [0.05, 0.1) is 65.8 Å². The van der Waals surface area contributed by atoms with Crippen molar-refractivity contribution in [3.8, 4) is 0 Å². The lowest BCUT2D eigenvalue weighted by Crippen LogP contribution is -3.00. The molecule has 2 aromatic rings. The second-order valence-corrected chi connectivity index (χ2v) is 9.49. The highest BCUT2D eigenvalue weighted by Gasteiger charge is 2.24. The minimum atomic E-state index is 0. The van der Waals surface area contributed by atoms with Crippen LogP contribution in [0.15, 0.2) is 46.9 Å². The number of hydrogen-bond donors (Lipinski definition) is 0. The summed E-state index contributed by atoms with van der Waals surface area (Å²) >= 11 is 0. The zero-order valence-corrected chi connectivity index (χ0v) is 25.2. The van der Waals surface area contributed by atoms with Crippen LogP contribution in [0.2, 0.25) is 0 Å². The van der Waals surface area contributed by atoms with Crippen LogP contribution < -0.4 is 57.4 Å². The number of halogens is 2. The highest BCUT2D eigenvalue weighted by Crippen LogP contribution is 2.23. The summed E-state index contributed by atoms with van der Waals surface area (Å²) in [5, 5.41) is 9.29. The molecular weight excluding hydrogens is 638 g/mol. The summed E-state index contributed by atoms with van der Waals surface area (Å²) in [6.07, 6.45) is 11.6. The van der Waals surface area contributed by atoms with Gasteiger partial charge in [-0.2, -0.15) is 0 Å². The number of aromatic nitrogens is 2. The van der Waals surface area contributed by atoms with Crippen molar-refractivity contribution in [2.75, 3.05) is 45.2 Å². The minimum absolute atomic E-state index is 0. The van der Waals surface area contributed by atoms with Crippen molar-refractivity contribution < 1.29 is 57.0 Å². The molecule has 0 atom stereocenters. The molecule has 2 heterocycles. The summed E-state index contributed by atoms with van der Waals surface area (Å²) in [5.74, 6) is 0.965. The van der Waals surface area contributed by atoms with Gasteiger partial charge in [-0.25, -0.2) is 9.13 Å². The van der Waals surface area contributed by atoms with Gasteiger partial charge in [0.1, 0.15) is 5.69 Å². The number of imidazole rings is 1. The molecule has 0 unspecified atom stereocenters. The fourth-order valence-corrected chi connectivity index (χ4v) is 4.08. The number of quaternary nitrogens is 1. The molecule has 186 valence electrons. The molecular formula is C25H42I2N6. The Morgan fingerprint density at radius 1 is 0.879 bits per heavy atom. The van der Waals surface area contributed by atoms with E-state index in [9.17, 15) is 0 Å².